The number of carbonyl (C=O) groups is 2. The second kappa shape index (κ2) is 9.20. The van der Waals surface area contributed by atoms with Crippen LogP contribution < -0.4 is 16.0 Å². The fourth-order valence-corrected chi connectivity index (χ4v) is 2.46. The van der Waals surface area contributed by atoms with E-state index < -0.39 is 6.04 Å². The van der Waals surface area contributed by atoms with Crippen LogP contribution in [0.4, 0.5) is 17.2 Å². The summed E-state index contributed by atoms with van der Waals surface area (Å²) in [6.45, 7) is 5.61. The number of pyridine rings is 1. The number of aromatic nitrogens is 1. The van der Waals surface area contributed by atoms with Crippen LogP contribution in [-0.4, -0.2) is 22.8 Å². The summed E-state index contributed by atoms with van der Waals surface area (Å²) in [5.41, 5.74) is 2.40. The molecule has 26 heavy (non-hydrogen) atoms. The average Bonchev–Trinajstić information content (AvgIpc) is 2.60. The molecule has 7 heteroatoms. The van der Waals surface area contributed by atoms with Crippen LogP contribution in [0, 0.1) is 6.92 Å². The van der Waals surface area contributed by atoms with Gasteiger partial charge in [-0.25, -0.2) is 4.98 Å². The third-order valence-electron chi connectivity index (χ3n) is 3.83. The zero-order valence-corrected chi connectivity index (χ0v) is 15.9. The fourth-order valence-electron chi connectivity index (χ4n) is 2.35. The third kappa shape index (κ3) is 5.46. The molecule has 0 fully saturated rings. The number of rotatable bonds is 7. The fraction of sp³-hybridized carbons (Fsp3) is 0.316. The second-order valence-electron chi connectivity index (χ2n) is 5.99. The molecule has 1 aromatic carbocycles. The second-order valence-corrected chi connectivity index (χ2v) is 6.43. The Balaban J connectivity index is 2.03. The number of amides is 2. The van der Waals surface area contributed by atoms with E-state index in [4.69, 9.17) is 11.6 Å². The van der Waals surface area contributed by atoms with Crippen LogP contribution in [0.3, 0.4) is 0 Å². The molecule has 2 rings (SSSR count). The SMILES string of the molecule is CCCC(=O)Nc1cccc(NC(C)C(=O)Nc2ccc(Cl)cn2)c1C. The van der Waals surface area contributed by atoms with Crippen molar-refractivity contribution in [1.82, 2.24) is 4.98 Å². The van der Waals surface area contributed by atoms with E-state index in [0.29, 0.717) is 17.3 Å². The Hall–Kier alpha value is -2.60. The Bertz CT molecular complexity index is 778. The van der Waals surface area contributed by atoms with Crippen molar-refractivity contribution in [1.29, 1.82) is 0 Å². The largest absolute Gasteiger partial charge is 0.374 e. The van der Waals surface area contributed by atoms with Gasteiger partial charge in [0.15, 0.2) is 0 Å². The smallest absolute Gasteiger partial charge is 0.247 e. The number of benzene rings is 1. The van der Waals surface area contributed by atoms with Gasteiger partial charge in [-0.15, -0.1) is 0 Å². The van der Waals surface area contributed by atoms with Crippen molar-refractivity contribution in [3.05, 3.63) is 47.1 Å². The van der Waals surface area contributed by atoms with E-state index in [1.165, 1.54) is 6.20 Å². The zero-order valence-electron chi connectivity index (χ0n) is 15.1. The summed E-state index contributed by atoms with van der Waals surface area (Å²) in [5.74, 6) is 0.192. The molecule has 6 nitrogen and oxygen atoms in total. The minimum atomic E-state index is -0.493. The van der Waals surface area contributed by atoms with Crippen LogP contribution in [0.15, 0.2) is 36.5 Å². The molecule has 3 N–H and O–H groups in total. The molecule has 0 aliphatic heterocycles. The third-order valence-corrected chi connectivity index (χ3v) is 4.05. The highest BCUT2D eigenvalue weighted by Crippen LogP contribution is 2.24. The van der Waals surface area contributed by atoms with Gasteiger partial charge in [0, 0.05) is 24.0 Å². The lowest BCUT2D eigenvalue weighted by Gasteiger charge is -2.18. The van der Waals surface area contributed by atoms with E-state index in [0.717, 1.165) is 23.4 Å². The number of hydrogen-bond donors (Lipinski definition) is 3. The van der Waals surface area contributed by atoms with Crippen LogP contribution in [-0.2, 0) is 9.59 Å². The maximum atomic E-state index is 12.3. The molecular formula is C19H23ClN4O2. The first-order valence-corrected chi connectivity index (χ1v) is 8.87. The quantitative estimate of drug-likeness (QED) is 0.677. The lowest BCUT2D eigenvalue weighted by Crippen LogP contribution is -2.32. The van der Waals surface area contributed by atoms with E-state index in [-0.39, 0.29) is 11.8 Å². The minimum absolute atomic E-state index is 0.0210. The van der Waals surface area contributed by atoms with Gasteiger partial charge in [-0.05, 0) is 50.1 Å². The number of hydrogen-bond acceptors (Lipinski definition) is 4. The van der Waals surface area contributed by atoms with E-state index in [2.05, 4.69) is 20.9 Å². The number of carbonyl (C=O) groups excluding carboxylic acids is 2. The van der Waals surface area contributed by atoms with Gasteiger partial charge in [0.1, 0.15) is 11.9 Å². The first-order valence-electron chi connectivity index (χ1n) is 8.49. The summed E-state index contributed by atoms with van der Waals surface area (Å²) in [4.78, 5) is 28.2. The number of halogens is 1. The van der Waals surface area contributed by atoms with Crippen molar-refractivity contribution in [3.8, 4) is 0 Å². The summed E-state index contributed by atoms with van der Waals surface area (Å²) >= 11 is 5.79. The van der Waals surface area contributed by atoms with Crippen LogP contribution >= 0.6 is 11.6 Å². The van der Waals surface area contributed by atoms with Gasteiger partial charge in [0.05, 0.1) is 5.02 Å². The highest BCUT2D eigenvalue weighted by molar-refractivity contribution is 6.30. The number of nitrogens with one attached hydrogen (secondary N) is 3. The molecule has 0 saturated heterocycles. The van der Waals surface area contributed by atoms with Crippen LogP contribution in [0.5, 0.6) is 0 Å². The van der Waals surface area contributed by atoms with Gasteiger partial charge in [0.25, 0.3) is 0 Å². The molecule has 1 heterocycles. The first-order chi connectivity index (χ1) is 12.4. The Morgan fingerprint density at radius 1 is 1.15 bits per heavy atom. The monoisotopic (exact) mass is 374 g/mol. The van der Waals surface area contributed by atoms with Gasteiger partial charge < -0.3 is 16.0 Å². The zero-order chi connectivity index (χ0) is 19.1. The highest BCUT2D eigenvalue weighted by atomic mass is 35.5. The molecule has 2 aromatic rings. The lowest BCUT2D eigenvalue weighted by atomic mass is 10.1. The van der Waals surface area contributed by atoms with Crippen molar-refractivity contribution < 1.29 is 9.59 Å². The molecule has 1 aromatic heterocycles. The standard InChI is InChI=1S/C19H23ClN4O2/c1-4-6-18(25)23-16-8-5-7-15(12(16)2)22-13(3)19(26)24-17-10-9-14(20)11-21-17/h5,7-11,13,22H,4,6H2,1-3H3,(H,23,25)(H,21,24,26). The highest BCUT2D eigenvalue weighted by Gasteiger charge is 2.15. The minimum Gasteiger partial charge on any atom is -0.374 e. The van der Waals surface area contributed by atoms with Crippen molar-refractivity contribution in [2.45, 2.75) is 39.7 Å². The molecule has 0 aliphatic carbocycles. The van der Waals surface area contributed by atoms with E-state index in [9.17, 15) is 9.59 Å². The molecule has 0 radical (unpaired) electrons. The molecular weight excluding hydrogens is 352 g/mol. The summed E-state index contributed by atoms with van der Waals surface area (Å²) in [5, 5.41) is 9.30. The van der Waals surface area contributed by atoms with Crippen molar-refractivity contribution >= 4 is 40.6 Å². The lowest BCUT2D eigenvalue weighted by molar-refractivity contribution is -0.117. The van der Waals surface area contributed by atoms with Crippen molar-refractivity contribution in [2.24, 2.45) is 0 Å². The predicted octanol–water partition coefficient (Wildman–Crippen LogP) is 4.22. The summed E-state index contributed by atoms with van der Waals surface area (Å²) < 4.78 is 0. The maximum absolute atomic E-state index is 12.3. The van der Waals surface area contributed by atoms with Crippen molar-refractivity contribution in [2.75, 3.05) is 16.0 Å². The topological polar surface area (TPSA) is 83.1 Å². The summed E-state index contributed by atoms with van der Waals surface area (Å²) in [7, 11) is 0. The molecule has 0 saturated carbocycles. The number of anilines is 3. The van der Waals surface area contributed by atoms with E-state index in [1.807, 2.05) is 32.0 Å². The Kier molecular flexibility index (Phi) is 6.97. The maximum Gasteiger partial charge on any atom is 0.247 e. The molecule has 1 unspecified atom stereocenters. The first kappa shape index (κ1) is 19.7. The molecule has 0 spiro atoms. The molecule has 1 atom stereocenters. The van der Waals surface area contributed by atoms with E-state index >= 15 is 0 Å². The molecule has 2 amide bonds. The van der Waals surface area contributed by atoms with Gasteiger partial charge in [-0.3, -0.25) is 9.59 Å². The van der Waals surface area contributed by atoms with Crippen LogP contribution in [0.2, 0.25) is 5.02 Å². The summed E-state index contributed by atoms with van der Waals surface area (Å²) in [6, 6.07) is 8.36. The van der Waals surface area contributed by atoms with Crippen LogP contribution in [0.25, 0.3) is 0 Å². The van der Waals surface area contributed by atoms with Gasteiger partial charge in [-0.2, -0.15) is 0 Å². The Morgan fingerprint density at radius 2 is 1.88 bits per heavy atom. The number of nitrogens with zero attached hydrogens (tertiary/aromatic N) is 1. The molecule has 0 aliphatic rings. The molecule has 0 bridgehead atoms. The Labute approximate surface area is 158 Å². The Morgan fingerprint density at radius 3 is 2.54 bits per heavy atom. The summed E-state index contributed by atoms with van der Waals surface area (Å²) in [6.07, 6.45) is 2.74. The van der Waals surface area contributed by atoms with Crippen LogP contribution in [0.1, 0.15) is 32.3 Å². The van der Waals surface area contributed by atoms with Crippen molar-refractivity contribution in [3.63, 3.8) is 0 Å². The van der Waals surface area contributed by atoms with Gasteiger partial charge >= 0.3 is 0 Å². The average molecular weight is 375 g/mol. The normalized spacial score (nSPS) is 11.5. The van der Waals surface area contributed by atoms with Gasteiger partial charge in [-0.1, -0.05) is 24.6 Å². The predicted molar refractivity (Wildman–Crippen MR) is 106 cm³/mol. The van der Waals surface area contributed by atoms with Gasteiger partial charge in [0.2, 0.25) is 11.8 Å². The molecule has 138 valence electrons. The van der Waals surface area contributed by atoms with E-state index in [1.54, 1.807) is 19.1 Å².